The Kier molecular flexibility index (Phi) is 2.65. The van der Waals surface area contributed by atoms with Gasteiger partial charge in [0.15, 0.2) is 0 Å². The van der Waals surface area contributed by atoms with E-state index in [2.05, 4.69) is 9.97 Å². The van der Waals surface area contributed by atoms with Crippen molar-refractivity contribution in [3.8, 4) is 0 Å². The molecule has 0 bridgehead atoms. The molecule has 1 aromatic heterocycles. The van der Waals surface area contributed by atoms with Gasteiger partial charge < -0.3 is 9.72 Å². The van der Waals surface area contributed by atoms with Gasteiger partial charge in [-0.3, -0.25) is 9.69 Å². The minimum Gasteiger partial charge on any atom is -0.444 e. The van der Waals surface area contributed by atoms with Crippen molar-refractivity contribution >= 4 is 6.09 Å². The number of carbonyl (C=O) groups is 1. The lowest BCUT2D eigenvalue weighted by molar-refractivity contribution is 0.0240. The van der Waals surface area contributed by atoms with Crippen LogP contribution in [0.15, 0.2) is 11.1 Å². The first-order valence-corrected chi connectivity index (χ1v) is 5.40. The largest absolute Gasteiger partial charge is 0.444 e. The summed E-state index contributed by atoms with van der Waals surface area (Å²) in [4.78, 5) is 31.3. The number of hydrogen-bond donors (Lipinski definition) is 1. The summed E-state index contributed by atoms with van der Waals surface area (Å²) in [6, 6.07) is 0. The van der Waals surface area contributed by atoms with E-state index in [-0.39, 0.29) is 12.1 Å². The van der Waals surface area contributed by atoms with Crippen LogP contribution in [-0.2, 0) is 17.8 Å². The van der Waals surface area contributed by atoms with Crippen LogP contribution < -0.4 is 5.56 Å². The second-order valence-corrected chi connectivity index (χ2v) is 4.99. The summed E-state index contributed by atoms with van der Waals surface area (Å²) in [6.45, 7) is 6.00. The van der Waals surface area contributed by atoms with Gasteiger partial charge in [0, 0.05) is 0 Å². The van der Waals surface area contributed by atoms with Gasteiger partial charge >= 0.3 is 6.09 Å². The lowest BCUT2D eigenvalue weighted by atomic mass is 10.2. The van der Waals surface area contributed by atoms with Crippen molar-refractivity contribution in [3.05, 3.63) is 27.9 Å². The number of fused-ring (bicyclic) bond motifs is 1. The molecule has 2 heterocycles. The first-order valence-electron chi connectivity index (χ1n) is 5.40. The molecular weight excluding hydrogens is 222 g/mol. The van der Waals surface area contributed by atoms with Crippen molar-refractivity contribution in [1.29, 1.82) is 0 Å². The van der Waals surface area contributed by atoms with Crippen molar-refractivity contribution in [1.82, 2.24) is 14.9 Å². The lowest BCUT2D eigenvalue weighted by Gasteiger charge is -2.23. The van der Waals surface area contributed by atoms with E-state index in [1.54, 1.807) is 20.8 Å². The third-order valence-electron chi connectivity index (χ3n) is 2.38. The SMILES string of the molecule is CC(C)(C)OC(=O)N1Cc2nc[nH]c(=O)c2C1. The van der Waals surface area contributed by atoms with Crippen LogP contribution >= 0.6 is 0 Å². The molecule has 1 amide bonds. The van der Waals surface area contributed by atoms with Crippen molar-refractivity contribution in [2.45, 2.75) is 39.5 Å². The molecule has 2 rings (SSSR count). The van der Waals surface area contributed by atoms with E-state index in [9.17, 15) is 9.59 Å². The third-order valence-corrected chi connectivity index (χ3v) is 2.38. The number of nitrogens with zero attached hydrogens (tertiary/aromatic N) is 2. The summed E-state index contributed by atoms with van der Waals surface area (Å²) < 4.78 is 5.24. The zero-order valence-corrected chi connectivity index (χ0v) is 10.1. The number of rotatable bonds is 0. The highest BCUT2D eigenvalue weighted by Crippen LogP contribution is 2.19. The molecule has 1 aliphatic rings. The monoisotopic (exact) mass is 237 g/mol. The van der Waals surface area contributed by atoms with E-state index in [1.165, 1.54) is 11.2 Å². The maximum atomic E-state index is 11.8. The highest BCUT2D eigenvalue weighted by Gasteiger charge is 2.29. The average Bonchev–Trinajstić information content (AvgIpc) is 2.60. The summed E-state index contributed by atoms with van der Waals surface area (Å²) in [5.74, 6) is 0. The molecule has 0 atom stereocenters. The average molecular weight is 237 g/mol. The second-order valence-electron chi connectivity index (χ2n) is 4.99. The van der Waals surface area contributed by atoms with E-state index in [0.29, 0.717) is 17.8 Å². The quantitative estimate of drug-likeness (QED) is 0.731. The maximum Gasteiger partial charge on any atom is 0.410 e. The highest BCUT2D eigenvalue weighted by atomic mass is 16.6. The fourth-order valence-corrected chi connectivity index (χ4v) is 1.65. The molecule has 6 heteroatoms. The van der Waals surface area contributed by atoms with Gasteiger partial charge in [-0.1, -0.05) is 0 Å². The molecule has 0 fully saturated rings. The number of carbonyl (C=O) groups excluding carboxylic acids is 1. The summed E-state index contributed by atoms with van der Waals surface area (Å²) in [6.07, 6.45) is 0.926. The minimum absolute atomic E-state index is 0.193. The number of amides is 1. The predicted octanol–water partition coefficient (Wildman–Crippen LogP) is 1.02. The Morgan fingerprint density at radius 2 is 2.18 bits per heavy atom. The van der Waals surface area contributed by atoms with Crippen LogP contribution in [0.2, 0.25) is 0 Å². The van der Waals surface area contributed by atoms with Gasteiger partial charge in [0.05, 0.1) is 30.7 Å². The molecule has 1 aliphatic heterocycles. The Bertz CT molecular complexity index is 501. The fourth-order valence-electron chi connectivity index (χ4n) is 1.65. The predicted molar refractivity (Wildman–Crippen MR) is 60.3 cm³/mol. The lowest BCUT2D eigenvalue weighted by Crippen LogP contribution is -2.33. The van der Waals surface area contributed by atoms with Crippen LogP contribution in [0, 0.1) is 0 Å². The molecule has 0 radical (unpaired) electrons. The summed E-state index contributed by atoms with van der Waals surface area (Å²) in [7, 11) is 0. The number of aromatic amines is 1. The Hall–Kier alpha value is -1.85. The molecule has 92 valence electrons. The second kappa shape index (κ2) is 3.87. The van der Waals surface area contributed by atoms with Gasteiger partial charge in [-0.05, 0) is 20.8 Å². The Morgan fingerprint density at radius 3 is 2.76 bits per heavy atom. The Labute approximate surface area is 98.6 Å². The van der Waals surface area contributed by atoms with E-state index in [1.807, 2.05) is 0 Å². The van der Waals surface area contributed by atoms with E-state index >= 15 is 0 Å². The first-order chi connectivity index (χ1) is 7.87. The van der Waals surface area contributed by atoms with Crippen molar-refractivity contribution in [2.75, 3.05) is 0 Å². The van der Waals surface area contributed by atoms with Crippen LogP contribution in [0.5, 0.6) is 0 Å². The van der Waals surface area contributed by atoms with Crippen LogP contribution in [0.25, 0.3) is 0 Å². The zero-order valence-electron chi connectivity index (χ0n) is 10.1. The van der Waals surface area contributed by atoms with E-state index in [4.69, 9.17) is 4.74 Å². The normalized spacial score (nSPS) is 14.6. The number of nitrogens with one attached hydrogen (secondary N) is 1. The molecule has 0 spiro atoms. The van der Waals surface area contributed by atoms with Crippen LogP contribution in [0.3, 0.4) is 0 Å². The van der Waals surface area contributed by atoms with Crippen molar-refractivity contribution < 1.29 is 9.53 Å². The van der Waals surface area contributed by atoms with Gasteiger partial charge in [0.1, 0.15) is 5.60 Å². The first kappa shape index (κ1) is 11.6. The topological polar surface area (TPSA) is 75.3 Å². The molecule has 0 unspecified atom stereocenters. The van der Waals surface area contributed by atoms with E-state index < -0.39 is 11.7 Å². The molecule has 0 aliphatic carbocycles. The van der Waals surface area contributed by atoms with Crippen LogP contribution in [0.1, 0.15) is 32.0 Å². The molecular formula is C11H15N3O3. The van der Waals surface area contributed by atoms with Crippen molar-refractivity contribution in [2.24, 2.45) is 0 Å². The smallest absolute Gasteiger partial charge is 0.410 e. The van der Waals surface area contributed by atoms with E-state index in [0.717, 1.165) is 0 Å². The summed E-state index contributed by atoms with van der Waals surface area (Å²) in [5.41, 5.74) is 0.449. The standard InChI is InChI=1S/C11H15N3O3/c1-11(2,3)17-10(16)14-4-7-8(5-14)12-6-13-9(7)15/h6H,4-5H2,1-3H3,(H,12,13,15). The Balaban J connectivity index is 2.13. The minimum atomic E-state index is -0.536. The van der Waals surface area contributed by atoms with Gasteiger partial charge in [0.25, 0.3) is 5.56 Å². The van der Waals surface area contributed by atoms with Gasteiger partial charge in [-0.15, -0.1) is 0 Å². The number of aromatic nitrogens is 2. The van der Waals surface area contributed by atoms with Crippen molar-refractivity contribution in [3.63, 3.8) is 0 Å². The molecule has 0 saturated carbocycles. The van der Waals surface area contributed by atoms with Gasteiger partial charge in [0.2, 0.25) is 0 Å². The third kappa shape index (κ3) is 2.46. The number of ether oxygens (including phenoxy) is 1. The summed E-state index contributed by atoms with van der Waals surface area (Å²) >= 11 is 0. The number of H-pyrrole nitrogens is 1. The molecule has 17 heavy (non-hydrogen) atoms. The molecule has 0 saturated heterocycles. The van der Waals surface area contributed by atoms with Crippen LogP contribution in [0.4, 0.5) is 4.79 Å². The zero-order chi connectivity index (χ0) is 12.6. The maximum absolute atomic E-state index is 11.8. The number of hydrogen-bond acceptors (Lipinski definition) is 4. The molecule has 6 nitrogen and oxygen atoms in total. The Morgan fingerprint density at radius 1 is 1.47 bits per heavy atom. The molecule has 1 aromatic rings. The highest BCUT2D eigenvalue weighted by molar-refractivity contribution is 5.69. The van der Waals surface area contributed by atoms with Crippen LogP contribution in [-0.4, -0.2) is 26.6 Å². The molecule has 1 N–H and O–H groups in total. The van der Waals surface area contributed by atoms with Gasteiger partial charge in [-0.25, -0.2) is 9.78 Å². The van der Waals surface area contributed by atoms with Gasteiger partial charge in [-0.2, -0.15) is 0 Å². The fraction of sp³-hybridized carbons (Fsp3) is 0.545. The summed E-state index contributed by atoms with van der Waals surface area (Å²) in [5, 5.41) is 0. The molecule has 0 aromatic carbocycles.